The molecule has 1 aliphatic rings. The Bertz CT molecular complexity index is 571. The topological polar surface area (TPSA) is 76.6 Å². The van der Waals surface area contributed by atoms with Gasteiger partial charge in [0.25, 0.3) is 11.1 Å². The molecule has 1 aromatic rings. The maximum Gasteiger partial charge on any atom is 0.326 e. The van der Waals surface area contributed by atoms with Crippen molar-refractivity contribution in [3.05, 3.63) is 35.0 Å². The average Bonchev–Trinajstić information content (AvgIpc) is 2.68. The first-order chi connectivity index (χ1) is 9.61. The monoisotopic (exact) mass is 292 g/mol. The highest BCUT2D eigenvalue weighted by Crippen LogP contribution is 2.31. The van der Waals surface area contributed by atoms with Crippen molar-refractivity contribution >= 4 is 35.0 Å². The Morgan fingerprint density at radius 1 is 1.50 bits per heavy atom. The maximum absolute atomic E-state index is 12.0. The molecule has 2 rings (SSSR count). The van der Waals surface area contributed by atoms with Crippen molar-refractivity contribution in [3.8, 4) is 0 Å². The smallest absolute Gasteiger partial charge is 0.326 e. The zero-order chi connectivity index (χ0) is 14.5. The van der Waals surface area contributed by atoms with Crippen LogP contribution in [0.5, 0.6) is 0 Å². The number of hydrogen-bond acceptors (Lipinski definition) is 6. The summed E-state index contributed by atoms with van der Waals surface area (Å²) in [4.78, 5) is 40.2. The predicted octanol–water partition coefficient (Wildman–Crippen LogP) is 1.68. The second kappa shape index (κ2) is 6.33. The molecule has 0 bridgehead atoms. The number of hydrogen-bond donors (Lipinski definition) is 0. The molecule has 1 saturated heterocycles. The van der Waals surface area contributed by atoms with Gasteiger partial charge in [0.05, 0.1) is 11.5 Å². The first-order valence-corrected chi connectivity index (χ1v) is 6.74. The second-order valence-corrected chi connectivity index (χ2v) is 4.85. The van der Waals surface area contributed by atoms with Gasteiger partial charge in [-0.15, -0.1) is 0 Å². The Labute approximate surface area is 119 Å². The van der Waals surface area contributed by atoms with Gasteiger partial charge in [0.2, 0.25) is 0 Å². The molecule has 0 spiro atoms. The number of imide groups is 1. The molecule has 0 aromatic carbocycles. The molecule has 2 heterocycles. The number of carbonyl (C=O) groups excluding carboxylic acids is 3. The van der Waals surface area contributed by atoms with Crippen molar-refractivity contribution in [1.82, 2.24) is 9.88 Å². The molecule has 1 aromatic heterocycles. The molecule has 1 aliphatic heterocycles. The van der Waals surface area contributed by atoms with Gasteiger partial charge in [-0.2, -0.15) is 0 Å². The maximum atomic E-state index is 12.0. The Hall–Kier alpha value is -2.15. The van der Waals surface area contributed by atoms with Crippen LogP contribution in [-0.4, -0.2) is 40.2 Å². The van der Waals surface area contributed by atoms with Crippen molar-refractivity contribution in [2.24, 2.45) is 0 Å². The van der Waals surface area contributed by atoms with Gasteiger partial charge in [-0.3, -0.25) is 24.3 Å². The van der Waals surface area contributed by atoms with Crippen LogP contribution in [0.15, 0.2) is 29.4 Å². The van der Waals surface area contributed by atoms with Gasteiger partial charge in [0.15, 0.2) is 0 Å². The van der Waals surface area contributed by atoms with Crippen molar-refractivity contribution < 1.29 is 19.1 Å². The van der Waals surface area contributed by atoms with E-state index < -0.39 is 17.1 Å². The number of amides is 2. The van der Waals surface area contributed by atoms with Crippen LogP contribution in [0.25, 0.3) is 6.08 Å². The lowest BCUT2D eigenvalue weighted by Gasteiger charge is -2.10. The first kappa shape index (κ1) is 14.3. The number of ether oxygens (including phenoxy) is 1. The van der Waals surface area contributed by atoms with Gasteiger partial charge in [0.1, 0.15) is 6.54 Å². The van der Waals surface area contributed by atoms with Crippen molar-refractivity contribution in [1.29, 1.82) is 0 Å². The van der Waals surface area contributed by atoms with Crippen LogP contribution >= 0.6 is 11.8 Å². The van der Waals surface area contributed by atoms with Crippen LogP contribution in [-0.2, 0) is 14.3 Å². The molecule has 1 fully saturated rings. The van der Waals surface area contributed by atoms with Crippen LogP contribution < -0.4 is 0 Å². The van der Waals surface area contributed by atoms with Gasteiger partial charge >= 0.3 is 5.97 Å². The lowest BCUT2D eigenvalue weighted by atomic mass is 10.2. The third-order valence-electron chi connectivity index (χ3n) is 2.45. The Morgan fingerprint density at radius 3 is 2.95 bits per heavy atom. The van der Waals surface area contributed by atoms with E-state index in [1.165, 1.54) is 0 Å². The molecule has 20 heavy (non-hydrogen) atoms. The summed E-state index contributed by atoms with van der Waals surface area (Å²) in [5.41, 5.74) is 0.717. The highest BCUT2D eigenvalue weighted by Gasteiger charge is 2.36. The number of esters is 1. The third-order valence-corrected chi connectivity index (χ3v) is 3.36. The summed E-state index contributed by atoms with van der Waals surface area (Å²) in [6.45, 7) is 1.51. The summed E-state index contributed by atoms with van der Waals surface area (Å²) < 4.78 is 4.73. The standard InChI is InChI=1S/C13H12N2O4S/c1-2-19-11(16)8-15-12(17)10(20-13(15)18)6-9-4-3-5-14-7-9/h3-7H,2,8H2,1H3/b10-6-. The van der Waals surface area contributed by atoms with Crippen LogP contribution in [0.3, 0.4) is 0 Å². The number of aromatic nitrogens is 1. The van der Waals surface area contributed by atoms with Gasteiger partial charge in [-0.05, 0) is 36.4 Å². The minimum absolute atomic E-state index is 0.209. The number of nitrogens with zero attached hydrogens (tertiary/aromatic N) is 2. The molecule has 2 amide bonds. The van der Waals surface area contributed by atoms with Gasteiger partial charge in [0, 0.05) is 12.4 Å². The summed E-state index contributed by atoms with van der Waals surface area (Å²) >= 11 is 0.800. The van der Waals surface area contributed by atoms with Crippen molar-refractivity contribution in [3.63, 3.8) is 0 Å². The van der Waals surface area contributed by atoms with E-state index in [4.69, 9.17) is 4.74 Å². The van der Waals surface area contributed by atoms with E-state index >= 15 is 0 Å². The normalized spacial score (nSPS) is 16.9. The van der Waals surface area contributed by atoms with Gasteiger partial charge < -0.3 is 4.74 Å². The van der Waals surface area contributed by atoms with Crippen LogP contribution in [0.1, 0.15) is 12.5 Å². The van der Waals surface area contributed by atoms with E-state index in [1.54, 1.807) is 37.5 Å². The average molecular weight is 292 g/mol. The molecular formula is C13H12N2O4S. The number of carbonyl (C=O) groups is 3. The Morgan fingerprint density at radius 2 is 2.30 bits per heavy atom. The summed E-state index contributed by atoms with van der Waals surface area (Å²) in [7, 11) is 0. The van der Waals surface area contributed by atoms with Gasteiger partial charge in [-0.1, -0.05) is 6.07 Å². The number of pyridine rings is 1. The summed E-state index contributed by atoms with van der Waals surface area (Å²) in [6, 6.07) is 3.50. The predicted molar refractivity (Wildman–Crippen MR) is 73.5 cm³/mol. The third kappa shape index (κ3) is 3.24. The summed E-state index contributed by atoms with van der Waals surface area (Å²) in [5, 5.41) is -0.474. The Balaban J connectivity index is 2.13. The van der Waals surface area contributed by atoms with E-state index in [1.807, 2.05) is 0 Å². The number of rotatable bonds is 4. The molecule has 0 atom stereocenters. The van der Waals surface area contributed by atoms with E-state index in [-0.39, 0.29) is 18.1 Å². The zero-order valence-corrected chi connectivity index (χ0v) is 11.6. The molecule has 0 N–H and O–H groups in total. The zero-order valence-electron chi connectivity index (χ0n) is 10.7. The van der Waals surface area contributed by atoms with E-state index in [0.29, 0.717) is 5.56 Å². The fourth-order valence-electron chi connectivity index (χ4n) is 1.58. The fourth-order valence-corrected chi connectivity index (χ4v) is 2.42. The molecule has 0 radical (unpaired) electrons. The van der Waals surface area contributed by atoms with E-state index in [0.717, 1.165) is 16.7 Å². The molecular weight excluding hydrogens is 280 g/mol. The molecule has 6 nitrogen and oxygen atoms in total. The molecule has 104 valence electrons. The second-order valence-electron chi connectivity index (χ2n) is 3.86. The fraction of sp³-hybridized carbons (Fsp3) is 0.231. The highest BCUT2D eigenvalue weighted by molar-refractivity contribution is 8.18. The first-order valence-electron chi connectivity index (χ1n) is 5.93. The van der Waals surface area contributed by atoms with Crippen molar-refractivity contribution in [2.45, 2.75) is 6.92 Å². The SMILES string of the molecule is CCOC(=O)CN1C(=O)S/C(=C\c2cccnc2)C1=O. The van der Waals surface area contributed by atoms with Gasteiger partial charge in [-0.25, -0.2) is 0 Å². The quantitative estimate of drug-likeness (QED) is 0.621. The van der Waals surface area contributed by atoms with E-state index in [2.05, 4.69) is 4.98 Å². The molecule has 0 unspecified atom stereocenters. The summed E-state index contributed by atoms with van der Waals surface area (Å²) in [5.74, 6) is -1.09. The van der Waals surface area contributed by atoms with Crippen molar-refractivity contribution in [2.75, 3.05) is 13.2 Å². The minimum atomic E-state index is -0.600. The van der Waals surface area contributed by atoms with Crippen LogP contribution in [0.4, 0.5) is 4.79 Å². The number of thioether (sulfide) groups is 1. The lowest BCUT2D eigenvalue weighted by Crippen LogP contribution is -2.34. The highest BCUT2D eigenvalue weighted by atomic mass is 32.2. The minimum Gasteiger partial charge on any atom is -0.465 e. The largest absolute Gasteiger partial charge is 0.465 e. The molecule has 0 aliphatic carbocycles. The molecule has 0 saturated carbocycles. The molecule has 7 heteroatoms. The van der Waals surface area contributed by atoms with E-state index in [9.17, 15) is 14.4 Å². The Kier molecular flexibility index (Phi) is 4.52. The lowest BCUT2D eigenvalue weighted by molar-refractivity contribution is -0.145. The van der Waals surface area contributed by atoms with Crippen LogP contribution in [0.2, 0.25) is 0 Å². The summed E-state index contributed by atoms with van der Waals surface area (Å²) in [6.07, 6.45) is 4.77. The van der Waals surface area contributed by atoms with Crippen LogP contribution in [0, 0.1) is 0 Å².